The van der Waals surface area contributed by atoms with Crippen LogP contribution in [0, 0.1) is 5.41 Å². The number of aromatic nitrogens is 1. The van der Waals surface area contributed by atoms with Gasteiger partial charge >= 0.3 is 5.97 Å². The van der Waals surface area contributed by atoms with Crippen LogP contribution in [0.1, 0.15) is 40.2 Å². The first kappa shape index (κ1) is 16.4. The van der Waals surface area contributed by atoms with E-state index in [9.17, 15) is 14.7 Å². The molecule has 1 heterocycles. The van der Waals surface area contributed by atoms with Crippen LogP contribution < -0.4 is 4.80 Å². The molecule has 0 saturated heterocycles. The molecule has 1 aromatic carbocycles. The van der Waals surface area contributed by atoms with Crippen molar-refractivity contribution in [2.45, 2.75) is 40.2 Å². The SMILES string of the molecule is CCC(C(=O)O)n1/c(=N/C(=O)C(C)(C)C)sc2ccccc21. The number of carboxylic acid groups (broad SMARTS) is 1. The van der Waals surface area contributed by atoms with Crippen molar-refractivity contribution >= 4 is 33.4 Å². The molecule has 118 valence electrons. The van der Waals surface area contributed by atoms with Crippen LogP contribution in [0.3, 0.4) is 0 Å². The number of nitrogens with zero attached hydrogens (tertiary/aromatic N) is 2. The predicted octanol–water partition coefficient (Wildman–Crippen LogP) is 3.21. The number of amides is 1. The van der Waals surface area contributed by atoms with Crippen molar-refractivity contribution in [3.05, 3.63) is 29.1 Å². The van der Waals surface area contributed by atoms with Crippen molar-refractivity contribution in [3.63, 3.8) is 0 Å². The summed E-state index contributed by atoms with van der Waals surface area (Å²) in [4.78, 5) is 28.4. The zero-order chi connectivity index (χ0) is 16.5. The molecule has 0 fully saturated rings. The zero-order valence-corrected chi connectivity index (χ0v) is 14.0. The van der Waals surface area contributed by atoms with Gasteiger partial charge in [-0.25, -0.2) is 4.79 Å². The predicted molar refractivity (Wildman–Crippen MR) is 86.8 cm³/mol. The number of hydrogen-bond acceptors (Lipinski definition) is 3. The number of carbonyl (C=O) groups excluding carboxylic acids is 1. The first-order valence-electron chi connectivity index (χ1n) is 7.17. The molecular formula is C16H20N2O3S. The van der Waals surface area contributed by atoms with Crippen molar-refractivity contribution in [1.82, 2.24) is 4.57 Å². The molecule has 0 bridgehead atoms. The van der Waals surface area contributed by atoms with Gasteiger partial charge in [0.1, 0.15) is 6.04 Å². The number of carbonyl (C=O) groups is 2. The summed E-state index contributed by atoms with van der Waals surface area (Å²) in [5, 5.41) is 9.48. The van der Waals surface area contributed by atoms with E-state index in [-0.39, 0.29) is 5.91 Å². The summed E-state index contributed by atoms with van der Waals surface area (Å²) < 4.78 is 2.58. The first-order chi connectivity index (χ1) is 10.3. The van der Waals surface area contributed by atoms with E-state index in [0.29, 0.717) is 11.2 Å². The van der Waals surface area contributed by atoms with Gasteiger partial charge in [0.05, 0.1) is 10.2 Å². The minimum atomic E-state index is -0.921. The van der Waals surface area contributed by atoms with Gasteiger partial charge in [-0.15, -0.1) is 0 Å². The van der Waals surface area contributed by atoms with Crippen molar-refractivity contribution in [3.8, 4) is 0 Å². The molecule has 6 heteroatoms. The number of aliphatic carboxylic acids is 1. The van der Waals surface area contributed by atoms with E-state index in [2.05, 4.69) is 4.99 Å². The molecular weight excluding hydrogens is 300 g/mol. The fourth-order valence-electron chi connectivity index (χ4n) is 2.09. The minimum absolute atomic E-state index is 0.256. The van der Waals surface area contributed by atoms with Crippen molar-refractivity contribution < 1.29 is 14.7 Å². The Kier molecular flexibility index (Phi) is 4.51. The Morgan fingerprint density at radius 1 is 1.32 bits per heavy atom. The lowest BCUT2D eigenvalue weighted by Gasteiger charge is -2.15. The van der Waals surface area contributed by atoms with E-state index in [1.807, 2.05) is 31.2 Å². The third-order valence-corrected chi connectivity index (χ3v) is 4.39. The number of thiazole rings is 1. The Morgan fingerprint density at radius 3 is 2.50 bits per heavy atom. The second-order valence-electron chi connectivity index (χ2n) is 6.15. The molecule has 2 aromatic rings. The Hall–Kier alpha value is -1.95. The smallest absolute Gasteiger partial charge is 0.326 e. The zero-order valence-electron chi connectivity index (χ0n) is 13.2. The Labute approximate surface area is 132 Å². The van der Waals surface area contributed by atoms with Crippen LogP contribution in [0.5, 0.6) is 0 Å². The van der Waals surface area contributed by atoms with Crippen LogP contribution in [-0.2, 0) is 9.59 Å². The van der Waals surface area contributed by atoms with Crippen molar-refractivity contribution in [2.24, 2.45) is 10.4 Å². The van der Waals surface area contributed by atoms with E-state index in [4.69, 9.17) is 0 Å². The standard InChI is InChI=1S/C16H20N2O3S/c1-5-10(13(19)20)18-11-8-6-7-9-12(11)22-15(18)17-14(21)16(2,3)4/h6-10H,5H2,1-4H3,(H,19,20)/b17-15-. The quantitative estimate of drug-likeness (QED) is 0.944. The lowest BCUT2D eigenvalue weighted by Crippen LogP contribution is -2.29. The molecule has 0 aliphatic heterocycles. The van der Waals surface area contributed by atoms with Crippen LogP contribution >= 0.6 is 11.3 Å². The van der Waals surface area contributed by atoms with Gasteiger partial charge in [0.15, 0.2) is 4.80 Å². The maximum atomic E-state index is 12.2. The fourth-order valence-corrected chi connectivity index (χ4v) is 3.16. The number of benzene rings is 1. The molecule has 0 aliphatic carbocycles. The third kappa shape index (κ3) is 3.11. The van der Waals surface area contributed by atoms with Crippen LogP contribution in [0.2, 0.25) is 0 Å². The first-order valence-corrected chi connectivity index (χ1v) is 7.99. The van der Waals surface area contributed by atoms with Gasteiger partial charge in [0.2, 0.25) is 0 Å². The highest BCUT2D eigenvalue weighted by Crippen LogP contribution is 2.23. The lowest BCUT2D eigenvalue weighted by molar-refractivity contribution is -0.141. The van der Waals surface area contributed by atoms with Crippen molar-refractivity contribution in [2.75, 3.05) is 0 Å². The third-order valence-electron chi connectivity index (χ3n) is 3.35. The molecule has 2 rings (SSSR count). The van der Waals surface area contributed by atoms with Gasteiger partial charge in [-0.05, 0) is 18.6 Å². The molecule has 22 heavy (non-hydrogen) atoms. The fraction of sp³-hybridized carbons (Fsp3) is 0.438. The molecule has 1 unspecified atom stereocenters. The Bertz CT molecular complexity index is 781. The minimum Gasteiger partial charge on any atom is -0.480 e. The summed E-state index contributed by atoms with van der Waals surface area (Å²) >= 11 is 1.34. The van der Waals surface area contributed by atoms with E-state index in [0.717, 1.165) is 10.2 Å². The summed E-state index contributed by atoms with van der Waals surface area (Å²) in [6, 6.07) is 6.78. The average Bonchev–Trinajstić information content (AvgIpc) is 2.77. The molecule has 1 N–H and O–H groups in total. The maximum Gasteiger partial charge on any atom is 0.326 e. The number of para-hydroxylation sites is 1. The summed E-state index contributed by atoms with van der Waals surface area (Å²) in [5.41, 5.74) is 0.195. The maximum absolute atomic E-state index is 12.2. The second kappa shape index (κ2) is 6.04. The highest BCUT2D eigenvalue weighted by Gasteiger charge is 2.24. The largest absolute Gasteiger partial charge is 0.480 e. The van der Waals surface area contributed by atoms with Crippen LogP contribution in [-0.4, -0.2) is 21.6 Å². The van der Waals surface area contributed by atoms with E-state index in [1.165, 1.54) is 11.3 Å². The Balaban J connectivity index is 2.76. The molecule has 0 spiro atoms. The molecule has 0 aliphatic rings. The van der Waals surface area contributed by atoms with Gasteiger partial charge in [0, 0.05) is 5.41 Å². The number of fused-ring (bicyclic) bond motifs is 1. The van der Waals surface area contributed by atoms with Crippen molar-refractivity contribution in [1.29, 1.82) is 0 Å². The van der Waals surface area contributed by atoms with Gasteiger partial charge in [0.25, 0.3) is 5.91 Å². The van der Waals surface area contributed by atoms with E-state index < -0.39 is 17.4 Å². The number of hydrogen-bond donors (Lipinski definition) is 1. The second-order valence-corrected chi connectivity index (χ2v) is 7.16. The summed E-state index contributed by atoms with van der Waals surface area (Å²) in [5.74, 6) is -1.18. The summed E-state index contributed by atoms with van der Waals surface area (Å²) in [6.45, 7) is 7.20. The van der Waals surface area contributed by atoms with Crippen LogP contribution in [0.4, 0.5) is 0 Å². The summed E-state index contributed by atoms with van der Waals surface area (Å²) in [6.07, 6.45) is 0.424. The summed E-state index contributed by atoms with van der Waals surface area (Å²) in [7, 11) is 0. The van der Waals surface area contributed by atoms with Crippen LogP contribution in [0.15, 0.2) is 29.3 Å². The van der Waals surface area contributed by atoms with Gasteiger partial charge in [-0.1, -0.05) is 51.2 Å². The number of carboxylic acids is 1. The van der Waals surface area contributed by atoms with Gasteiger partial charge < -0.3 is 9.67 Å². The Morgan fingerprint density at radius 2 is 1.95 bits per heavy atom. The molecule has 1 amide bonds. The highest BCUT2D eigenvalue weighted by atomic mass is 32.1. The van der Waals surface area contributed by atoms with Crippen LogP contribution in [0.25, 0.3) is 10.2 Å². The lowest BCUT2D eigenvalue weighted by atomic mass is 9.96. The van der Waals surface area contributed by atoms with E-state index in [1.54, 1.807) is 25.3 Å². The highest BCUT2D eigenvalue weighted by molar-refractivity contribution is 7.16. The molecule has 5 nitrogen and oxygen atoms in total. The average molecular weight is 320 g/mol. The molecule has 0 radical (unpaired) electrons. The van der Waals surface area contributed by atoms with Gasteiger partial charge in [-0.2, -0.15) is 4.99 Å². The number of rotatable bonds is 3. The van der Waals surface area contributed by atoms with E-state index >= 15 is 0 Å². The topological polar surface area (TPSA) is 71.7 Å². The molecule has 1 atom stereocenters. The molecule has 1 aromatic heterocycles. The normalized spacial score (nSPS) is 14.3. The molecule has 0 saturated carbocycles. The van der Waals surface area contributed by atoms with Gasteiger partial charge in [-0.3, -0.25) is 4.79 Å². The monoisotopic (exact) mass is 320 g/mol.